The maximum absolute atomic E-state index is 12.2. The van der Waals surface area contributed by atoms with Gasteiger partial charge in [-0.2, -0.15) is 0 Å². The van der Waals surface area contributed by atoms with Gasteiger partial charge in [-0.3, -0.25) is 4.79 Å². The monoisotopic (exact) mass is 296 g/mol. The highest BCUT2D eigenvalue weighted by molar-refractivity contribution is 6.32. The fourth-order valence-electron chi connectivity index (χ4n) is 2.57. The molecule has 1 saturated heterocycles. The SMILES string of the molecule is CNCC1CCCN1C(=O)CCOc1ccccc1Cl. The number of likely N-dealkylation sites (N-methyl/N-ethyl adjacent to an activating group) is 1. The van der Waals surface area contributed by atoms with E-state index in [-0.39, 0.29) is 5.91 Å². The molecule has 0 radical (unpaired) electrons. The number of nitrogens with one attached hydrogen (secondary N) is 1. The molecule has 1 aliphatic rings. The van der Waals surface area contributed by atoms with E-state index in [1.54, 1.807) is 6.07 Å². The lowest BCUT2D eigenvalue weighted by molar-refractivity contribution is -0.132. The molecular weight excluding hydrogens is 276 g/mol. The van der Waals surface area contributed by atoms with E-state index in [9.17, 15) is 4.79 Å². The standard InChI is InChI=1S/C15H21ClN2O2/c1-17-11-12-5-4-9-18(12)15(19)8-10-20-14-7-3-2-6-13(14)16/h2-3,6-7,12,17H,4-5,8-11H2,1H3. The summed E-state index contributed by atoms with van der Waals surface area (Å²) >= 11 is 6.00. The lowest BCUT2D eigenvalue weighted by atomic mass is 10.2. The highest BCUT2D eigenvalue weighted by atomic mass is 35.5. The highest BCUT2D eigenvalue weighted by Crippen LogP contribution is 2.23. The van der Waals surface area contributed by atoms with Crippen molar-refractivity contribution in [2.75, 3.05) is 26.7 Å². The van der Waals surface area contributed by atoms with E-state index in [0.717, 1.165) is 25.9 Å². The van der Waals surface area contributed by atoms with Crippen LogP contribution in [0.3, 0.4) is 0 Å². The molecule has 0 aromatic heterocycles. The Morgan fingerprint density at radius 3 is 3.05 bits per heavy atom. The zero-order valence-electron chi connectivity index (χ0n) is 11.8. The van der Waals surface area contributed by atoms with Crippen LogP contribution in [0.5, 0.6) is 5.75 Å². The van der Waals surface area contributed by atoms with Crippen LogP contribution >= 0.6 is 11.6 Å². The Labute approximate surface area is 125 Å². The number of rotatable bonds is 6. The van der Waals surface area contributed by atoms with Crippen LogP contribution < -0.4 is 10.1 Å². The average Bonchev–Trinajstić information content (AvgIpc) is 2.89. The molecule has 4 nitrogen and oxygen atoms in total. The van der Waals surface area contributed by atoms with Gasteiger partial charge >= 0.3 is 0 Å². The number of nitrogens with zero attached hydrogens (tertiary/aromatic N) is 1. The van der Waals surface area contributed by atoms with Gasteiger partial charge in [-0.1, -0.05) is 23.7 Å². The first-order chi connectivity index (χ1) is 9.72. The number of benzene rings is 1. The molecule has 1 fully saturated rings. The largest absolute Gasteiger partial charge is 0.491 e. The van der Waals surface area contributed by atoms with E-state index in [1.165, 1.54) is 0 Å². The molecule has 0 saturated carbocycles. The van der Waals surface area contributed by atoms with Gasteiger partial charge in [0.05, 0.1) is 18.1 Å². The summed E-state index contributed by atoms with van der Waals surface area (Å²) in [5, 5.41) is 3.72. The molecule has 0 aliphatic carbocycles. The molecule has 5 heteroatoms. The van der Waals surface area contributed by atoms with Gasteiger partial charge in [-0.15, -0.1) is 0 Å². The fourth-order valence-corrected chi connectivity index (χ4v) is 2.76. The molecule has 0 spiro atoms. The molecule has 1 amide bonds. The minimum absolute atomic E-state index is 0.162. The molecule has 1 N–H and O–H groups in total. The van der Waals surface area contributed by atoms with Crippen LogP contribution in [-0.4, -0.2) is 43.6 Å². The summed E-state index contributed by atoms with van der Waals surface area (Å²) in [7, 11) is 1.92. The molecule has 2 rings (SSSR count). The van der Waals surface area contributed by atoms with E-state index in [2.05, 4.69) is 5.32 Å². The summed E-state index contributed by atoms with van der Waals surface area (Å²) in [6.07, 6.45) is 2.56. The minimum Gasteiger partial charge on any atom is -0.491 e. The summed E-state index contributed by atoms with van der Waals surface area (Å²) in [5.41, 5.74) is 0. The van der Waals surface area contributed by atoms with E-state index < -0.39 is 0 Å². The van der Waals surface area contributed by atoms with E-state index >= 15 is 0 Å². The summed E-state index contributed by atoms with van der Waals surface area (Å²) in [5.74, 6) is 0.796. The smallest absolute Gasteiger partial charge is 0.226 e. The van der Waals surface area contributed by atoms with Crippen molar-refractivity contribution in [1.29, 1.82) is 0 Å². The molecule has 1 aromatic carbocycles. The van der Waals surface area contributed by atoms with Crippen LogP contribution in [-0.2, 0) is 4.79 Å². The minimum atomic E-state index is 0.162. The maximum atomic E-state index is 12.2. The Hall–Kier alpha value is -1.26. The summed E-state index contributed by atoms with van der Waals surface area (Å²) in [4.78, 5) is 14.2. The summed E-state index contributed by atoms with van der Waals surface area (Å²) in [6, 6.07) is 7.64. The number of halogens is 1. The van der Waals surface area contributed by atoms with Crippen LogP contribution in [0, 0.1) is 0 Å². The van der Waals surface area contributed by atoms with Crippen molar-refractivity contribution in [3.8, 4) is 5.75 Å². The van der Waals surface area contributed by atoms with Gasteiger partial charge in [0, 0.05) is 19.1 Å². The lowest BCUT2D eigenvalue weighted by Gasteiger charge is -2.24. The number of ether oxygens (including phenoxy) is 1. The second kappa shape index (κ2) is 7.50. The van der Waals surface area contributed by atoms with Gasteiger partial charge in [-0.05, 0) is 32.0 Å². The Bertz CT molecular complexity index is 453. The maximum Gasteiger partial charge on any atom is 0.226 e. The summed E-state index contributed by atoms with van der Waals surface area (Å²) < 4.78 is 5.57. The van der Waals surface area contributed by atoms with Crippen molar-refractivity contribution in [2.45, 2.75) is 25.3 Å². The Kier molecular flexibility index (Phi) is 5.68. The van der Waals surface area contributed by atoms with Crippen molar-refractivity contribution < 1.29 is 9.53 Å². The summed E-state index contributed by atoms with van der Waals surface area (Å²) in [6.45, 7) is 2.08. The van der Waals surface area contributed by atoms with E-state index in [0.29, 0.717) is 29.8 Å². The first kappa shape index (κ1) is 15.1. The third-order valence-corrected chi connectivity index (χ3v) is 3.86. The van der Waals surface area contributed by atoms with Crippen LogP contribution in [0.1, 0.15) is 19.3 Å². The van der Waals surface area contributed by atoms with Gasteiger partial charge in [0.1, 0.15) is 5.75 Å². The molecule has 1 aliphatic heterocycles. The quantitative estimate of drug-likeness (QED) is 0.876. The number of hydrogen-bond donors (Lipinski definition) is 1. The van der Waals surface area contributed by atoms with Crippen molar-refractivity contribution in [3.63, 3.8) is 0 Å². The van der Waals surface area contributed by atoms with Crippen LogP contribution in [0.25, 0.3) is 0 Å². The second-order valence-corrected chi connectivity index (χ2v) is 5.38. The molecule has 0 bridgehead atoms. The normalized spacial score (nSPS) is 18.3. The zero-order valence-corrected chi connectivity index (χ0v) is 12.5. The molecule has 1 aromatic rings. The van der Waals surface area contributed by atoms with Gasteiger partial charge in [-0.25, -0.2) is 0 Å². The number of hydrogen-bond acceptors (Lipinski definition) is 3. The number of amides is 1. The predicted molar refractivity (Wildman–Crippen MR) is 80.2 cm³/mol. The third-order valence-electron chi connectivity index (χ3n) is 3.55. The number of para-hydroxylation sites is 1. The van der Waals surface area contributed by atoms with Crippen LogP contribution in [0.2, 0.25) is 5.02 Å². The average molecular weight is 297 g/mol. The van der Waals surface area contributed by atoms with Crippen molar-refractivity contribution in [1.82, 2.24) is 10.2 Å². The van der Waals surface area contributed by atoms with Gasteiger partial charge in [0.25, 0.3) is 0 Å². The lowest BCUT2D eigenvalue weighted by Crippen LogP contribution is -2.41. The van der Waals surface area contributed by atoms with Crippen LogP contribution in [0.4, 0.5) is 0 Å². The molecule has 1 atom stereocenters. The molecule has 1 heterocycles. The van der Waals surface area contributed by atoms with Crippen molar-refractivity contribution in [2.24, 2.45) is 0 Å². The Balaban J connectivity index is 1.79. The number of carbonyl (C=O) groups excluding carboxylic acids is 1. The first-order valence-electron chi connectivity index (χ1n) is 7.03. The fraction of sp³-hybridized carbons (Fsp3) is 0.533. The third kappa shape index (κ3) is 3.87. The second-order valence-electron chi connectivity index (χ2n) is 4.97. The van der Waals surface area contributed by atoms with E-state index in [1.807, 2.05) is 30.1 Å². The van der Waals surface area contributed by atoms with Crippen molar-refractivity contribution in [3.05, 3.63) is 29.3 Å². The highest BCUT2D eigenvalue weighted by Gasteiger charge is 2.27. The Morgan fingerprint density at radius 1 is 1.50 bits per heavy atom. The first-order valence-corrected chi connectivity index (χ1v) is 7.41. The van der Waals surface area contributed by atoms with Gasteiger partial charge in [0.2, 0.25) is 5.91 Å². The Morgan fingerprint density at radius 2 is 2.30 bits per heavy atom. The van der Waals surface area contributed by atoms with Crippen LogP contribution in [0.15, 0.2) is 24.3 Å². The number of likely N-dealkylation sites (tertiary alicyclic amines) is 1. The zero-order chi connectivity index (χ0) is 14.4. The van der Waals surface area contributed by atoms with E-state index in [4.69, 9.17) is 16.3 Å². The molecule has 110 valence electrons. The molecule has 1 unspecified atom stereocenters. The molecule has 20 heavy (non-hydrogen) atoms. The topological polar surface area (TPSA) is 41.6 Å². The van der Waals surface area contributed by atoms with Crippen molar-refractivity contribution >= 4 is 17.5 Å². The molecular formula is C15H21ClN2O2. The predicted octanol–water partition coefficient (Wildman–Crippen LogP) is 2.32. The van der Waals surface area contributed by atoms with Gasteiger partial charge in [0.15, 0.2) is 0 Å². The van der Waals surface area contributed by atoms with Gasteiger partial charge < -0.3 is 15.0 Å². The number of carbonyl (C=O) groups is 1.